The predicted octanol–water partition coefficient (Wildman–Crippen LogP) is 6.41. The number of hydrazone groups is 1. The monoisotopic (exact) mass is 451 g/mol. The molecule has 1 aliphatic rings. The normalized spacial score (nSPS) is 13.1. The van der Waals surface area contributed by atoms with Gasteiger partial charge in [-0.3, -0.25) is 9.59 Å². The number of allylic oxidation sites excluding steroid dienone is 4. The van der Waals surface area contributed by atoms with Gasteiger partial charge in [0, 0.05) is 22.7 Å². The second kappa shape index (κ2) is 10.3. The summed E-state index contributed by atoms with van der Waals surface area (Å²) >= 11 is 0. The van der Waals surface area contributed by atoms with Crippen LogP contribution in [0.4, 0.5) is 5.69 Å². The molecule has 172 valence electrons. The average molecular weight is 452 g/mol. The van der Waals surface area contributed by atoms with Crippen molar-refractivity contribution in [3.8, 4) is 0 Å². The molecule has 4 rings (SSSR count). The van der Waals surface area contributed by atoms with Crippen molar-refractivity contribution in [2.45, 2.75) is 40.2 Å². The Morgan fingerprint density at radius 2 is 1.74 bits per heavy atom. The lowest BCUT2D eigenvalue weighted by Crippen LogP contribution is -2.26. The fourth-order valence-corrected chi connectivity index (χ4v) is 4.08. The molecular formula is C29H29N3O2. The Labute approximate surface area is 200 Å². The van der Waals surface area contributed by atoms with Crippen molar-refractivity contribution >= 4 is 34.5 Å². The second-order valence-corrected chi connectivity index (χ2v) is 8.82. The van der Waals surface area contributed by atoms with Gasteiger partial charge < -0.3 is 4.90 Å². The molecule has 3 aromatic carbocycles. The van der Waals surface area contributed by atoms with Gasteiger partial charge in [-0.05, 0) is 74.9 Å². The van der Waals surface area contributed by atoms with Crippen molar-refractivity contribution in [3.05, 3.63) is 101 Å². The highest BCUT2D eigenvalue weighted by Gasteiger charge is 2.29. The van der Waals surface area contributed by atoms with Crippen LogP contribution in [0.15, 0.2) is 89.1 Å². The Bertz CT molecular complexity index is 1310. The third kappa shape index (κ3) is 5.15. The lowest BCUT2D eigenvalue weighted by molar-refractivity contribution is 0.0953. The lowest BCUT2D eigenvalue weighted by atomic mass is 10.1. The molecule has 1 aliphatic heterocycles. The van der Waals surface area contributed by atoms with Gasteiger partial charge in [0.25, 0.3) is 11.8 Å². The summed E-state index contributed by atoms with van der Waals surface area (Å²) in [4.78, 5) is 27.2. The fourth-order valence-electron chi connectivity index (χ4n) is 4.08. The van der Waals surface area contributed by atoms with E-state index in [1.807, 2.05) is 54.6 Å². The molecule has 0 saturated carbocycles. The Hall–Kier alpha value is -3.99. The Morgan fingerprint density at radius 1 is 1.00 bits per heavy atom. The molecule has 0 fully saturated rings. The first-order valence-electron chi connectivity index (χ1n) is 11.5. The van der Waals surface area contributed by atoms with Crippen LogP contribution in [0, 0.1) is 0 Å². The molecule has 1 N–H and O–H groups in total. The molecule has 0 saturated heterocycles. The van der Waals surface area contributed by atoms with Crippen LogP contribution in [0.25, 0.3) is 10.8 Å². The topological polar surface area (TPSA) is 61.8 Å². The summed E-state index contributed by atoms with van der Waals surface area (Å²) in [5, 5.41) is 6.09. The molecule has 0 unspecified atom stereocenters. The molecule has 3 aromatic rings. The van der Waals surface area contributed by atoms with E-state index in [0.29, 0.717) is 12.1 Å². The number of hydrogen-bond donors (Lipinski definition) is 1. The second-order valence-electron chi connectivity index (χ2n) is 8.82. The minimum atomic E-state index is -0.271. The number of nitrogens with zero attached hydrogens (tertiary/aromatic N) is 2. The number of amides is 2. The average Bonchev–Trinajstić information content (AvgIpc) is 3.10. The molecule has 5 heteroatoms. The first-order chi connectivity index (χ1) is 16.4. The standard InChI is InChI=1S/C29H29N3O2/c1-20(2)7-4-8-21(3)17-18-30-31-28(33)24-15-13-22(14-16-24)19-32-26-12-6-10-23-9-5-11-25(27(23)26)29(32)34/h5-7,9-18H,4,8,19H2,1-3H3,(H,31,33). The van der Waals surface area contributed by atoms with E-state index in [9.17, 15) is 9.59 Å². The molecule has 34 heavy (non-hydrogen) atoms. The number of carbonyl (C=O) groups excluding carboxylic acids is 2. The van der Waals surface area contributed by atoms with Crippen LogP contribution in [0.3, 0.4) is 0 Å². The van der Waals surface area contributed by atoms with Gasteiger partial charge in [-0.2, -0.15) is 5.10 Å². The number of benzene rings is 3. The van der Waals surface area contributed by atoms with Gasteiger partial charge in [-0.1, -0.05) is 53.6 Å². The van der Waals surface area contributed by atoms with Crippen LogP contribution >= 0.6 is 0 Å². The number of hydrogen-bond acceptors (Lipinski definition) is 3. The smallest absolute Gasteiger partial charge is 0.271 e. The summed E-state index contributed by atoms with van der Waals surface area (Å²) in [5.74, 6) is -0.264. The molecule has 0 atom stereocenters. The van der Waals surface area contributed by atoms with Gasteiger partial charge >= 0.3 is 0 Å². The van der Waals surface area contributed by atoms with E-state index in [2.05, 4.69) is 37.4 Å². The van der Waals surface area contributed by atoms with Gasteiger partial charge in [-0.25, -0.2) is 5.43 Å². The summed E-state index contributed by atoms with van der Waals surface area (Å²) < 4.78 is 0. The van der Waals surface area contributed by atoms with Crippen molar-refractivity contribution in [1.29, 1.82) is 0 Å². The minimum absolute atomic E-state index is 0.00663. The number of carbonyl (C=O) groups is 2. The van der Waals surface area contributed by atoms with E-state index in [-0.39, 0.29) is 11.8 Å². The Kier molecular flexibility index (Phi) is 7.02. The van der Waals surface area contributed by atoms with Crippen LogP contribution in [0.1, 0.15) is 59.9 Å². The van der Waals surface area contributed by atoms with E-state index in [0.717, 1.165) is 40.4 Å². The van der Waals surface area contributed by atoms with E-state index in [1.54, 1.807) is 23.2 Å². The molecule has 0 radical (unpaired) electrons. The summed E-state index contributed by atoms with van der Waals surface area (Å²) in [6.07, 6.45) is 7.70. The quantitative estimate of drug-likeness (QED) is 0.244. The molecule has 0 aliphatic carbocycles. The van der Waals surface area contributed by atoms with Crippen molar-refractivity contribution in [1.82, 2.24) is 5.43 Å². The molecular weight excluding hydrogens is 422 g/mol. The summed E-state index contributed by atoms with van der Waals surface area (Å²) in [7, 11) is 0. The van der Waals surface area contributed by atoms with E-state index < -0.39 is 0 Å². The highest BCUT2D eigenvalue weighted by molar-refractivity contribution is 6.24. The SMILES string of the molecule is CC(C)=CCCC(C)=CC=NNC(=O)c1ccc(CN2C(=O)c3cccc4cccc2c34)cc1. The largest absolute Gasteiger partial charge is 0.303 e. The van der Waals surface area contributed by atoms with Gasteiger partial charge in [0.2, 0.25) is 0 Å². The third-order valence-corrected chi connectivity index (χ3v) is 5.90. The summed E-state index contributed by atoms with van der Waals surface area (Å²) in [6.45, 7) is 6.68. The van der Waals surface area contributed by atoms with Crippen LogP contribution in [0.2, 0.25) is 0 Å². The Balaban J connectivity index is 1.36. The fraction of sp³-hybridized carbons (Fsp3) is 0.207. The van der Waals surface area contributed by atoms with E-state index in [1.165, 1.54) is 11.1 Å². The Morgan fingerprint density at radius 3 is 2.47 bits per heavy atom. The molecule has 2 amide bonds. The van der Waals surface area contributed by atoms with Crippen molar-refractivity contribution in [3.63, 3.8) is 0 Å². The van der Waals surface area contributed by atoms with Crippen LogP contribution < -0.4 is 10.3 Å². The van der Waals surface area contributed by atoms with Gasteiger partial charge in [0.05, 0.1) is 12.2 Å². The number of anilines is 1. The van der Waals surface area contributed by atoms with Gasteiger partial charge in [-0.15, -0.1) is 0 Å². The minimum Gasteiger partial charge on any atom is -0.303 e. The lowest BCUT2D eigenvalue weighted by Gasteiger charge is -2.18. The summed E-state index contributed by atoms with van der Waals surface area (Å²) in [6, 6.07) is 19.1. The van der Waals surface area contributed by atoms with Gasteiger partial charge in [0.1, 0.15) is 0 Å². The van der Waals surface area contributed by atoms with Crippen LogP contribution in [-0.4, -0.2) is 18.0 Å². The zero-order valence-corrected chi connectivity index (χ0v) is 19.8. The number of nitrogens with one attached hydrogen (secondary N) is 1. The maximum Gasteiger partial charge on any atom is 0.271 e. The van der Waals surface area contributed by atoms with Crippen LogP contribution in [0.5, 0.6) is 0 Å². The highest BCUT2D eigenvalue weighted by Crippen LogP contribution is 2.37. The molecule has 0 aromatic heterocycles. The predicted molar refractivity (Wildman–Crippen MR) is 139 cm³/mol. The van der Waals surface area contributed by atoms with Crippen LogP contribution in [-0.2, 0) is 6.54 Å². The van der Waals surface area contributed by atoms with Crippen molar-refractivity contribution in [2.24, 2.45) is 5.10 Å². The molecule has 0 spiro atoms. The molecule has 1 heterocycles. The molecule has 0 bridgehead atoms. The van der Waals surface area contributed by atoms with Gasteiger partial charge in [0.15, 0.2) is 0 Å². The van der Waals surface area contributed by atoms with E-state index in [4.69, 9.17) is 0 Å². The zero-order valence-electron chi connectivity index (χ0n) is 19.8. The third-order valence-electron chi connectivity index (χ3n) is 5.90. The number of rotatable bonds is 8. The van der Waals surface area contributed by atoms with E-state index >= 15 is 0 Å². The summed E-state index contributed by atoms with van der Waals surface area (Å²) in [5.41, 5.74) is 8.22. The maximum atomic E-state index is 13.0. The van der Waals surface area contributed by atoms with Crippen molar-refractivity contribution < 1.29 is 9.59 Å². The zero-order chi connectivity index (χ0) is 24.1. The first kappa shape index (κ1) is 23.2. The highest BCUT2D eigenvalue weighted by atomic mass is 16.2. The molecule has 5 nitrogen and oxygen atoms in total. The van der Waals surface area contributed by atoms with Crippen molar-refractivity contribution in [2.75, 3.05) is 4.90 Å². The first-order valence-corrected chi connectivity index (χ1v) is 11.5. The maximum absolute atomic E-state index is 13.0.